The number of aliphatic hydroxyl groups excluding tert-OH is 1. The lowest BCUT2D eigenvalue weighted by atomic mass is 9.82. The number of ketones is 1. The summed E-state index contributed by atoms with van der Waals surface area (Å²) in [6.07, 6.45) is 0.709. The predicted molar refractivity (Wildman–Crippen MR) is 103 cm³/mol. The fourth-order valence-electron chi connectivity index (χ4n) is 3.24. The van der Waals surface area contributed by atoms with E-state index in [9.17, 15) is 14.7 Å². The quantitative estimate of drug-likeness (QED) is 0.784. The SMILES string of the molecule is CCCN1C(=O)C(O)=C(C(=O)C(C)(C)C)C1c1ccc(OC)c(OCC)c1. The Bertz CT molecular complexity index is 760. The zero-order valence-electron chi connectivity index (χ0n) is 17.0. The number of Topliss-reactive ketones (excluding diaryl/α,β-unsaturated/α-hetero) is 1. The van der Waals surface area contributed by atoms with Crippen molar-refractivity contribution in [3.63, 3.8) is 0 Å². The maximum absolute atomic E-state index is 13.0. The highest BCUT2D eigenvalue weighted by Crippen LogP contribution is 2.43. The molecule has 0 aromatic heterocycles. The minimum atomic E-state index is -0.723. The number of aliphatic hydroxyl groups is 1. The van der Waals surface area contributed by atoms with Crippen LogP contribution in [0.25, 0.3) is 0 Å². The van der Waals surface area contributed by atoms with E-state index in [-0.39, 0.29) is 11.4 Å². The van der Waals surface area contributed by atoms with Gasteiger partial charge in [-0.2, -0.15) is 0 Å². The molecule has 148 valence electrons. The smallest absolute Gasteiger partial charge is 0.290 e. The molecule has 27 heavy (non-hydrogen) atoms. The van der Waals surface area contributed by atoms with Crippen LogP contribution in [0, 0.1) is 5.41 Å². The van der Waals surface area contributed by atoms with Gasteiger partial charge in [0.25, 0.3) is 5.91 Å². The molecule has 1 aliphatic heterocycles. The zero-order chi connectivity index (χ0) is 20.4. The summed E-state index contributed by atoms with van der Waals surface area (Å²) in [4.78, 5) is 27.2. The van der Waals surface area contributed by atoms with Gasteiger partial charge in [0.1, 0.15) is 0 Å². The summed E-state index contributed by atoms with van der Waals surface area (Å²) < 4.78 is 11.0. The van der Waals surface area contributed by atoms with Gasteiger partial charge >= 0.3 is 0 Å². The molecule has 0 saturated heterocycles. The van der Waals surface area contributed by atoms with E-state index in [4.69, 9.17) is 9.47 Å². The average molecular weight is 375 g/mol. The largest absolute Gasteiger partial charge is 0.503 e. The number of methoxy groups -OCH3 is 1. The van der Waals surface area contributed by atoms with Gasteiger partial charge in [0.2, 0.25) is 0 Å². The maximum atomic E-state index is 13.0. The topological polar surface area (TPSA) is 76.1 Å². The van der Waals surface area contributed by atoms with Crippen LogP contribution in [-0.4, -0.2) is 42.0 Å². The second-order valence-corrected chi connectivity index (χ2v) is 7.59. The Labute approximate surface area is 160 Å². The van der Waals surface area contributed by atoms with Crippen LogP contribution in [0.4, 0.5) is 0 Å². The van der Waals surface area contributed by atoms with Crippen molar-refractivity contribution in [2.24, 2.45) is 5.41 Å². The van der Waals surface area contributed by atoms with E-state index in [0.29, 0.717) is 36.6 Å². The Hall–Kier alpha value is -2.50. The van der Waals surface area contributed by atoms with Crippen LogP contribution in [0.2, 0.25) is 0 Å². The number of hydrogen-bond donors (Lipinski definition) is 1. The minimum Gasteiger partial charge on any atom is -0.503 e. The molecule has 1 aromatic rings. The van der Waals surface area contributed by atoms with Gasteiger partial charge in [-0.1, -0.05) is 33.8 Å². The normalized spacial score (nSPS) is 17.5. The molecule has 1 aromatic carbocycles. The molecule has 0 bridgehead atoms. The number of hydrogen-bond acceptors (Lipinski definition) is 5. The van der Waals surface area contributed by atoms with Crippen LogP contribution in [0.15, 0.2) is 29.5 Å². The molecule has 0 aliphatic carbocycles. The Morgan fingerprint density at radius 3 is 2.41 bits per heavy atom. The highest BCUT2D eigenvalue weighted by Gasteiger charge is 2.45. The molecule has 1 amide bonds. The Balaban J connectivity index is 2.62. The van der Waals surface area contributed by atoms with Crippen LogP contribution in [0.3, 0.4) is 0 Å². The van der Waals surface area contributed by atoms with Crippen molar-refractivity contribution in [3.05, 3.63) is 35.1 Å². The highest BCUT2D eigenvalue weighted by atomic mass is 16.5. The first-order valence-corrected chi connectivity index (χ1v) is 9.26. The van der Waals surface area contributed by atoms with Crippen LogP contribution >= 0.6 is 0 Å². The first-order valence-electron chi connectivity index (χ1n) is 9.26. The zero-order valence-corrected chi connectivity index (χ0v) is 17.0. The third-order valence-electron chi connectivity index (χ3n) is 4.50. The monoisotopic (exact) mass is 375 g/mol. The summed E-state index contributed by atoms with van der Waals surface area (Å²) >= 11 is 0. The molecule has 1 aliphatic rings. The molecule has 1 unspecified atom stereocenters. The number of benzene rings is 1. The van der Waals surface area contributed by atoms with Crippen molar-refractivity contribution in [2.45, 2.75) is 47.1 Å². The molecular weight excluding hydrogens is 346 g/mol. The van der Waals surface area contributed by atoms with Gasteiger partial charge in [-0.3, -0.25) is 9.59 Å². The number of ether oxygens (including phenoxy) is 2. The van der Waals surface area contributed by atoms with Gasteiger partial charge in [-0.05, 0) is 31.0 Å². The summed E-state index contributed by atoms with van der Waals surface area (Å²) in [6.45, 7) is 10.0. The van der Waals surface area contributed by atoms with Gasteiger partial charge in [0.05, 0.1) is 25.3 Å². The van der Waals surface area contributed by atoms with E-state index >= 15 is 0 Å². The number of rotatable bonds is 7. The van der Waals surface area contributed by atoms with Crippen molar-refractivity contribution >= 4 is 11.7 Å². The molecule has 1 N–H and O–H groups in total. The number of carbonyl (C=O) groups excluding carboxylic acids is 2. The van der Waals surface area contributed by atoms with E-state index in [1.807, 2.05) is 13.8 Å². The van der Waals surface area contributed by atoms with E-state index in [1.165, 1.54) is 0 Å². The van der Waals surface area contributed by atoms with Gasteiger partial charge in [0.15, 0.2) is 23.0 Å². The predicted octanol–water partition coefficient (Wildman–Crippen LogP) is 3.81. The lowest BCUT2D eigenvalue weighted by molar-refractivity contribution is -0.129. The fourth-order valence-corrected chi connectivity index (χ4v) is 3.24. The number of amides is 1. The Morgan fingerprint density at radius 2 is 1.89 bits per heavy atom. The molecule has 0 spiro atoms. The molecule has 0 radical (unpaired) electrons. The lowest BCUT2D eigenvalue weighted by Gasteiger charge is -2.29. The van der Waals surface area contributed by atoms with E-state index in [2.05, 4.69) is 0 Å². The molecule has 1 heterocycles. The lowest BCUT2D eigenvalue weighted by Crippen LogP contribution is -2.33. The van der Waals surface area contributed by atoms with E-state index in [1.54, 1.807) is 51.0 Å². The Morgan fingerprint density at radius 1 is 1.22 bits per heavy atom. The Kier molecular flexibility index (Phi) is 6.19. The van der Waals surface area contributed by atoms with E-state index in [0.717, 1.165) is 0 Å². The van der Waals surface area contributed by atoms with Crippen molar-refractivity contribution in [2.75, 3.05) is 20.3 Å². The van der Waals surface area contributed by atoms with Gasteiger partial charge in [-0.25, -0.2) is 0 Å². The molecule has 6 heteroatoms. The van der Waals surface area contributed by atoms with Crippen molar-refractivity contribution in [1.29, 1.82) is 0 Å². The van der Waals surface area contributed by atoms with Crippen LogP contribution in [0.5, 0.6) is 11.5 Å². The van der Waals surface area contributed by atoms with Gasteiger partial charge < -0.3 is 19.5 Å². The van der Waals surface area contributed by atoms with Gasteiger partial charge in [0, 0.05) is 12.0 Å². The average Bonchev–Trinajstić information content (AvgIpc) is 2.85. The second kappa shape index (κ2) is 8.03. The third-order valence-corrected chi connectivity index (χ3v) is 4.50. The minimum absolute atomic E-state index is 0.147. The van der Waals surface area contributed by atoms with Crippen LogP contribution in [-0.2, 0) is 9.59 Å². The molecule has 6 nitrogen and oxygen atoms in total. The molecule has 2 rings (SSSR count). The molecular formula is C21H29NO5. The molecule has 0 saturated carbocycles. The van der Waals surface area contributed by atoms with Crippen molar-refractivity contribution < 1.29 is 24.2 Å². The molecule has 1 atom stereocenters. The second-order valence-electron chi connectivity index (χ2n) is 7.59. The summed E-state index contributed by atoms with van der Waals surface area (Å²) in [5, 5.41) is 10.5. The standard InChI is InChI=1S/C21H29NO5/c1-7-11-22-17(13-9-10-14(26-6)15(12-13)27-8-2)16(18(23)20(22)25)19(24)21(3,4)5/h9-10,12,17,23H,7-8,11H2,1-6H3. The van der Waals surface area contributed by atoms with E-state index < -0.39 is 23.1 Å². The van der Waals surface area contributed by atoms with Crippen molar-refractivity contribution in [1.82, 2.24) is 4.90 Å². The van der Waals surface area contributed by atoms with Crippen LogP contribution < -0.4 is 9.47 Å². The highest BCUT2D eigenvalue weighted by molar-refractivity contribution is 6.10. The maximum Gasteiger partial charge on any atom is 0.290 e. The summed E-state index contributed by atoms with van der Waals surface area (Å²) in [5.74, 6) is -0.102. The number of carbonyl (C=O) groups is 2. The summed E-state index contributed by atoms with van der Waals surface area (Å²) in [7, 11) is 1.56. The third kappa shape index (κ3) is 3.94. The first kappa shape index (κ1) is 20.8. The summed E-state index contributed by atoms with van der Waals surface area (Å²) in [6, 6.07) is 4.69. The first-order chi connectivity index (χ1) is 12.7. The fraction of sp³-hybridized carbons (Fsp3) is 0.524. The van der Waals surface area contributed by atoms with Crippen molar-refractivity contribution in [3.8, 4) is 11.5 Å². The molecule has 0 fully saturated rings. The number of nitrogens with zero attached hydrogens (tertiary/aromatic N) is 1. The van der Waals surface area contributed by atoms with Gasteiger partial charge in [-0.15, -0.1) is 0 Å². The summed E-state index contributed by atoms with van der Waals surface area (Å²) in [5.41, 5.74) is 0.130. The van der Waals surface area contributed by atoms with Crippen LogP contribution in [0.1, 0.15) is 52.6 Å².